The average Bonchev–Trinajstić information content (AvgIpc) is 3.09. The fourth-order valence-corrected chi connectivity index (χ4v) is 5.06. The quantitative estimate of drug-likeness (QED) is 0.731. The number of nitrogens with one attached hydrogen (secondary N) is 2. The van der Waals surface area contributed by atoms with Gasteiger partial charge in [0.25, 0.3) is 0 Å². The predicted octanol–water partition coefficient (Wildman–Crippen LogP) is 3.10. The van der Waals surface area contributed by atoms with E-state index in [1.807, 2.05) is 12.3 Å². The van der Waals surface area contributed by atoms with Crippen LogP contribution < -0.4 is 10.0 Å². The van der Waals surface area contributed by atoms with Gasteiger partial charge in [-0.1, -0.05) is 33.6 Å². The maximum atomic E-state index is 12.6. The Morgan fingerprint density at radius 3 is 2.67 bits per heavy atom. The van der Waals surface area contributed by atoms with Gasteiger partial charge in [-0.25, -0.2) is 13.1 Å². The van der Waals surface area contributed by atoms with E-state index in [0.717, 1.165) is 23.6 Å². The summed E-state index contributed by atoms with van der Waals surface area (Å²) in [5.41, 5.74) is 0. The lowest BCUT2D eigenvalue weighted by Crippen LogP contribution is -2.35. The summed E-state index contributed by atoms with van der Waals surface area (Å²) in [5, 5.41) is 5.14. The standard InChI is InChI=1S/C15H26N2O2S2/c1-4-13(9-12-5-6-12)17-21(18,19)15-7-8-20-14(15)10-16-11(2)3/h7-8,11-13,16-17H,4-6,9-10H2,1-3H3. The molecule has 1 heterocycles. The summed E-state index contributed by atoms with van der Waals surface area (Å²) in [7, 11) is -3.40. The summed E-state index contributed by atoms with van der Waals surface area (Å²) < 4.78 is 28.1. The zero-order chi connectivity index (χ0) is 15.5. The van der Waals surface area contributed by atoms with Crippen molar-refractivity contribution in [1.82, 2.24) is 10.0 Å². The second kappa shape index (κ2) is 7.22. The highest BCUT2D eigenvalue weighted by atomic mass is 32.2. The van der Waals surface area contributed by atoms with Crippen LogP contribution in [0.5, 0.6) is 0 Å². The molecule has 2 N–H and O–H groups in total. The van der Waals surface area contributed by atoms with Crippen molar-refractivity contribution >= 4 is 21.4 Å². The molecule has 0 spiro atoms. The van der Waals surface area contributed by atoms with Crippen LogP contribution in [0.3, 0.4) is 0 Å². The molecule has 1 aliphatic carbocycles. The predicted molar refractivity (Wildman–Crippen MR) is 88.0 cm³/mol. The van der Waals surface area contributed by atoms with Gasteiger partial charge < -0.3 is 5.32 Å². The summed E-state index contributed by atoms with van der Waals surface area (Å²) in [4.78, 5) is 1.33. The van der Waals surface area contributed by atoms with E-state index in [1.54, 1.807) is 6.07 Å². The van der Waals surface area contributed by atoms with Crippen molar-refractivity contribution in [3.63, 3.8) is 0 Å². The molecule has 0 saturated heterocycles. The fraction of sp³-hybridized carbons (Fsp3) is 0.733. The van der Waals surface area contributed by atoms with Crippen molar-refractivity contribution in [3.8, 4) is 0 Å². The summed E-state index contributed by atoms with van der Waals surface area (Å²) in [5.74, 6) is 0.724. The molecule has 4 nitrogen and oxygen atoms in total. The Bertz CT molecular complexity index is 548. The van der Waals surface area contributed by atoms with Crippen molar-refractivity contribution in [1.29, 1.82) is 0 Å². The Balaban J connectivity index is 2.05. The third-order valence-electron chi connectivity index (χ3n) is 3.79. The number of sulfonamides is 1. The van der Waals surface area contributed by atoms with Crippen LogP contribution in [-0.4, -0.2) is 20.5 Å². The van der Waals surface area contributed by atoms with Crippen molar-refractivity contribution < 1.29 is 8.42 Å². The van der Waals surface area contributed by atoms with E-state index in [0.29, 0.717) is 17.5 Å². The van der Waals surface area contributed by atoms with E-state index in [4.69, 9.17) is 0 Å². The molecule has 120 valence electrons. The normalized spacial score (nSPS) is 17.3. The SMILES string of the molecule is CCC(CC1CC1)NS(=O)(=O)c1ccsc1CNC(C)C. The largest absolute Gasteiger partial charge is 0.310 e. The molecule has 0 amide bonds. The molecule has 21 heavy (non-hydrogen) atoms. The molecular weight excluding hydrogens is 304 g/mol. The van der Waals surface area contributed by atoms with Crippen LogP contribution in [0, 0.1) is 5.92 Å². The maximum Gasteiger partial charge on any atom is 0.241 e. The zero-order valence-electron chi connectivity index (χ0n) is 13.1. The number of rotatable bonds is 9. The highest BCUT2D eigenvalue weighted by molar-refractivity contribution is 7.89. The van der Waals surface area contributed by atoms with Gasteiger partial charge in [-0.05, 0) is 30.2 Å². The fourth-order valence-electron chi connectivity index (χ4n) is 2.33. The lowest BCUT2D eigenvalue weighted by Gasteiger charge is -2.17. The van der Waals surface area contributed by atoms with Gasteiger partial charge in [0.05, 0.1) is 4.90 Å². The van der Waals surface area contributed by atoms with Crippen molar-refractivity contribution in [3.05, 3.63) is 16.3 Å². The lowest BCUT2D eigenvalue weighted by atomic mass is 10.1. The van der Waals surface area contributed by atoms with Gasteiger partial charge in [0, 0.05) is 23.5 Å². The molecule has 1 saturated carbocycles. The molecule has 2 rings (SSSR count). The van der Waals surface area contributed by atoms with Gasteiger partial charge in [-0.15, -0.1) is 11.3 Å². The van der Waals surface area contributed by atoms with Crippen molar-refractivity contribution in [2.24, 2.45) is 5.92 Å². The van der Waals surface area contributed by atoms with Crippen LogP contribution in [-0.2, 0) is 16.6 Å². The van der Waals surface area contributed by atoms with Gasteiger partial charge >= 0.3 is 0 Å². The number of thiophene rings is 1. The Hall–Kier alpha value is -0.430. The topological polar surface area (TPSA) is 58.2 Å². The van der Waals surface area contributed by atoms with Crippen molar-refractivity contribution in [2.45, 2.75) is 70.0 Å². The smallest absolute Gasteiger partial charge is 0.241 e. The minimum Gasteiger partial charge on any atom is -0.310 e. The van der Waals surface area contributed by atoms with E-state index in [9.17, 15) is 8.42 Å². The summed E-state index contributed by atoms with van der Waals surface area (Å²) >= 11 is 1.50. The van der Waals surface area contributed by atoms with Crippen LogP contribution >= 0.6 is 11.3 Å². The minimum atomic E-state index is -3.40. The van der Waals surface area contributed by atoms with E-state index < -0.39 is 10.0 Å². The van der Waals surface area contributed by atoms with Crippen molar-refractivity contribution in [2.75, 3.05) is 0 Å². The highest BCUT2D eigenvalue weighted by Gasteiger charge is 2.28. The molecule has 1 aromatic heterocycles. The third-order valence-corrected chi connectivity index (χ3v) is 6.45. The molecule has 1 atom stereocenters. The Morgan fingerprint density at radius 2 is 2.10 bits per heavy atom. The highest BCUT2D eigenvalue weighted by Crippen LogP contribution is 2.34. The molecule has 6 heteroatoms. The van der Waals surface area contributed by atoms with Crippen LogP contribution in [0.15, 0.2) is 16.3 Å². The Kier molecular flexibility index (Phi) is 5.82. The second-order valence-electron chi connectivity index (χ2n) is 6.15. The monoisotopic (exact) mass is 330 g/mol. The molecule has 0 aliphatic heterocycles. The molecule has 0 radical (unpaired) electrons. The first kappa shape index (κ1) is 16.9. The molecule has 0 bridgehead atoms. The van der Waals surface area contributed by atoms with Gasteiger partial charge in [0.15, 0.2) is 0 Å². The number of hydrogen-bond acceptors (Lipinski definition) is 4. The molecule has 1 fully saturated rings. The molecule has 1 aromatic rings. The minimum absolute atomic E-state index is 0.0632. The van der Waals surface area contributed by atoms with E-state index >= 15 is 0 Å². The van der Waals surface area contributed by atoms with Gasteiger partial charge in [-0.2, -0.15) is 0 Å². The Labute approximate surface area is 132 Å². The molecular formula is C15H26N2O2S2. The van der Waals surface area contributed by atoms with E-state index in [2.05, 4.69) is 23.9 Å². The summed E-state index contributed by atoms with van der Waals surface area (Å²) in [6.07, 6.45) is 4.32. The Morgan fingerprint density at radius 1 is 1.38 bits per heavy atom. The second-order valence-corrected chi connectivity index (χ2v) is 8.83. The van der Waals surface area contributed by atoms with Crippen LogP contribution in [0.1, 0.15) is 51.3 Å². The van der Waals surface area contributed by atoms with Gasteiger partial charge in [0.2, 0.25) is 10.0 Å². The molecule has 1 aliphatic rings. The average molecular weight is 331 g/mol. The zero-order valence-corrected chi connectivity index (χ0v) is 14.7. The molecule has 1 unspecified atom stereocenters. The van der Waals surface area contributed by atoms with E-state index in [-0.39, 0.29) is 6.04 Å². The summed E-state index contributed by atoms with van der Waals surface area (Å²) in [6.45, 7) is 6.76. The molecule has 0 aromatic carbocycles. The van der Waals surface area contributed by atoms with Gasteiger partial charge in [-0.3, -0.25) is 0 Å². The first-order valence-electron chi connectivity index (χ1n) is 7.74. The summed E-state index contributed by atoms with van der Waals surface area (Å²) in [6, 6.07) is 2.12. The number of hydrogen-bond donors (Lipinski definition) is 2. The van der Waals surface area contributed by atoms with E-state index in [1.165, 1.54) is 24.2 Å². The van der Waals surface area contributed by atoms with Crippen LogP contribution in [0.2, 0.25) is 0 Å². The van der Waals surface area contributed by atoms with Crippen LogP contribution in [0.25, 0.3) is 0 Å². The maximum absolute atomic E-state index is 12.6. The third kappa shape index (κ3) is 5.06. The van der Waals surface area contributed by atoms with Gasteiger partial charge in [0.1, 0.15) is 0 Å². The first-order valence-corrected chi connectivity index (χ1v) is 10.1. The van der Waals surface area contributed by atoms with Crippen LogP contribution in [0.4, 0.5) is 0 Å². The first-order chi connectivity index (χ1) is 9.92. The lowest BCUT2D eigenvalue weighted by molar-refractivity contribution is 0.494.